The molecule has 1 aromatic heterocycles. The third kappa shape index (κ3) is 1.44. The second-order valence-electron chi connectivity index (χ2n) is 1.37. The van der Waals surface area contributed by atoms with Crippen LogP contribution in [-0.4, -0.2) is 9.97 Å². The molecule has 1 heterocycles. The van der Waals surface area contributed by atoms with Gasteiger partial charge in [0.2, 0.25) is 0 Å². The maximum Gasteiger partial charge on any atom is 0.126 e. The fraction of sp³-hybridized carbons (Fsp3) is 0. The van der Waals surface area contributed by atoms with E-state index in [1.54, 1.807) is 0 Å². The van der Waals surface area contributed by atoms with Crippen molar-refractivity contribution in [3.05, 3.63) is 16.0 Å². The quantitative estimate of drug-likeness (QED) is 0.362. The molecule has 0 atom stereocenters. The molecule has 1 N–H and O–H groups in total. The normalized spacial score (nSPS) is 9.56. The molecule has 0 aliphatic heterocycles. The molecule has 0 bridgehead atoms. The molecule has 0 aliphatic rings. The van der Waals surface area contributed by atoms with Crippen LogP contribution in [0.2, 0.25) is 5.02 Å². The molecule has 5 heteroatoms. The molecule has 9 heavy (non-hydrogen) atoms. The summed E-state index contributed by atoms with van der Waals surface area (Å²) in [6, 6.07) is 0. The maximum absolute atomic E-state index is 5.60. The van der Waals surface area contributed by atoms with E-state index < -0.39 is 0 Å². The zero-order valence-electron chi connectivity index (χ0n) is 4.26. The average Bonchev–Trinajstić information content (AvgIpc) is 1.83. The largest absolute Gasteiger partial charge is 0.336 e. The molecule has 0 spiro atoms. The number of hydrogen-bond acceptors (Lipinski definition) is 3. The van der Waals surface area contributed by atoms with Gasteiger partial charge in [0.1, 0.15) is 14.7 Å². The number of aromatic nitrogens is 2. The minimum atomic E-state index is 0.399. The number of hydrogen-bond donors (Lipinski definition) is 2. The van der Waals surface area contributed by atoms with Gasteiger partial charge in [-0.25, -0.2) is 4.98 Å². The van der Waals surface area contributed by atoms with E-state index in [0.29, 0.717) is 14.7 Å². The van der Waals surface area contributed by atoms with Gasteiger partial charge >= 0.3 is 0 Å². The second-order valence-corrected chi connectivity index (χ2v) is 2.58. The van der Waals surface area contributed by atoms with Crippen molar-refractivity contribution in [2.24, 2.45) is 0 Å². The summed E-state index contributed by atoms with van der Waals surface area (Å²) in [5.74, 6) is 0. The van der Waals surface area contributed by atoms with Crippen LogP contribution in [0.4, 0.5) is 0 Å². The Morgan fingerprint density at radius 1 is 1.78 bits per heavy atom. The predicted octanol–water partition coefficient (Wildman–Crippen LogP) is 2.08. The van der Waals surface area contributed by atoms with Gasteiger partial charge < -0.3 is 4.98 Å². The highest BCUT2D eigenvalue weighted by Crippen LogP contribution is 2.15. The van der Waals surface area contributed by atoms with Gasteiger partial charge in [-0.1, -0.05) is 23.8 Å². The SMILES string of the molecule is S=c1[nH]cnc(S)c1Cl. The zero-order valence-corrected chi connectivity index (χ0v) is 6.72. The summed E-state index contributed by atoms with van der Waals surface area (Å²) in [4.78, 5) is 6.41. The Morgan fingerprint density at radius 2 is 2.44 bits per heavy atom. The average molecular weight is 179 g/mol. The molecule has 0 aliphatic carbocycles. The smallest absolute Gasteiger partial charge is 0.126 e. The molecule has 1 rings (SSSR count). The van der Waals surface area contributed by atoms with E-state index in [1.807, 2.05) is 0 Å². The van der Waals surface area contributed by atoms with Crippen LogP contribution in [-0.2, 0) is 0 Å². The van der Waals surface area contributed by atoms with Gasteiger partial charge in [0.05, 0.1) is 6.33 Å². The molecule has 0 fully saturated rings. The third-order valence-corrected chi connectivity index (χ3v) is 2.05. The van der Waals surface area contributed by atoms with Crippen LogP contribution in [0, 0.1) is 4.64 Å². The lowest BCUT2D eigenvalue weighted by Gasteiger charge is -1.91. The minimum absolute atomic E-state index is 0.399. The van der Waals surface area contributed by atoms with E-state index >= 15 is 0 Å². The highest BCUT2D eigenvalue weighted by atomic mass is 35.5. The number of rotatable bonds is 0. The first-order valence-corrected chi connectivity index (χ1v) is 3.37. The van der Waals surface area contributed by atoms with Crippen molar-refractivity contribution in [2.45, 2.75) is 5.03 Å². The first-order chi connectivity index (χ1) is 4.22. The number of nitrogens with zero attached hydrogens (tertiary/aromatic N) is 1. The zero-order chi connectivity index (χ0) is 6.85. The van der Waals surface area contributed by atoms with Crippen molar-refractivity contribution >= 4 is 36.4 Å². The molecule has 0 radical (unpaired) electrons. The Labute approximate surface area is 67.7 Å². The summed E-state index contributed by atoms with van der Waals surface area (Å²) in [5.41, 5.74) is 0. The topological polar surface area (TPSA) is 28.7 Å². The predicted molar refractivity (Wildman–Crippen MR) is 41.7 cm³/mol. The Hall–Kier alpha value is -0.0600. The fourth-order valence-corrected chi connectivity index (χ4v) is 0.872. The van der Waals surface area contributed by atoms with Gasteiger partial charge in [-0.3, -0.25) is 0 Å². The summed E-state index contributed by atoms with van der Waals surface area (Å²) in [6.07, 6.45) is 1.45. The Morgan fingerprint density at radius 3 is 2.89 bits per heavy atom. The van der Waals surface area contributed by atoms with Gasteiger partial charge in [-0.05, 0) is 0 Å². The Bertz CT molecular complexity index is 270. The summed E-state index contributed by atoms with van der Waals surface area (Å²) in [6.45, 7) is 0. The molecule has 0 unspecified atom stereocenters. The van der Waals surface area contributed by atoms with Crippen LogP contribution in [0.3, 0.4) is 0 Å². The summed E-state index contributed by atoms with van der Waals surface area (Å²) >= 11 is 14.3. The molecule has 2 nitrogen and oxygen atoms in total. The van der Waals surface area contributed by atoms with Crippen molar-refractivity contribution in [2.75, 3.05) is 0 Å². The van der Waals surface area contributed by atoms with Crippen LogP contribution >= 0.6 is 36.4 Å². The second kappa shape index (κ2) is 2.68. The Balaban J connectivity index is 3.43. The molecule has 48 valence electrons. The van der Waals surface area contributed by atoms with E-state index in [0.717, 1.165) is 0 Å². The van der Waals surface area contributed by atoms with Gasteiger partial charge in [-0.2, -0.15) is 0 Å². The van der Waals surface area contributed by atoms with E-state index in [4.69, 9.17) is 23.8 Å². The van der Waals surface area contributed by atoms with E-state index in [2.05, 4.69) is 22.6 Å². The lowest BCUT2D eigenvalue weighted by molar-refractivity contribution is 1.04. The van der Waals surface area contributed by atoms with Gasteiger partial charge in [0.15, 0.2) is 0 Å². The first kappa shape index (κ1) is 7.05. The number of halogens is 1. The molecule has 0 aromatic carbocycles. The number of nitrogens with one attached hydrogen (secondary N) is 1. The van der Waals surface area contributed by atoms with E-state index in [9.17, 15) is 0 Å². The fourth-order valence-electron chi connectivity index (χ4n) is 0.374. The number of aromatic amines is 1. The lowest BCUT2D eigenvalue weighted by Crippen LogP contribution is -1.81. The van der Waals surface area contributed by atoms with E-state index in [1.165, 1.54) is 6.33 Å². The minimum Gasteiger partial charge on any atom is -0.336 e. The monoisotopic (exact) mass is 178 g/mol. The number of H-pyrrole nitrogens is 1. The van der Waals surface area contributed by atoms with Gasteiger partial charge in [0.25, 0.3) is 0 Å². The van der Waals surface area contributed by atoms with Crippen LogP contribution in [0.25, 0.3) is 0 Å². The molecule has 0 saturated heterocycles. The third-order valence-electron chi connectivity index (χ3n) is 0.778. The van der Waals surface area contributed by atoms with Crippen molar-refractivity contribution in [3.63, 3.8) is 0 Å². The van der Waals surface area contributed by atoms with Crippen molar-refractivity contribution < 1.29 is 0 Å². The number of thiol groups is 1. The summed E-state index contributed by atoms with van der Waals surface area (Å²) in [7, 11) is 0. The van der Waals surface area contributed by atoms with Crippen molar-refractivity contribution in [3.8, 4) is 0 Å². The molecule has 1 aromatic rings. The first-order valence-electron chi connectivity index (χ1n) is 2.14. The van der Waals surface area contributed by atoms with Gasteiger partial charge in [0, 0.05) is 0 Å². The van der Waals surface area contributed by atoms with Gasteiger partial charge in [-0.15, -0.1) is 12.6 Å². The lowest BCUT2D eigenvalue weighted by atomic mass is 10.7. The molecular weight excluding hydrogens is 176 g/mol. The Kier molecular flexibility index (Phi) is 2.10. The van der Waals surface area contributed by atoms with Crippen molar-refractivity contribution in [1.29, 1.82) is 0 Å². The highest BCUT2D eigenvalue weighted by molar-refractivity contribution is 7.80. The van der Waals surface area contributed by atoms with Crippen LogP contribution in [0.1, 0.15) is 0 Å². The van der Waals surface area contributed by atoms with Crippen LogP contribution < -0.4 is 0 Å². The summed E-state index contributed by atoms with van der Waals surface area (Å²) in [5, 5.41) is 0.858. The molecular formula is C4H3ClN2S2. The standard InChI is InChI=1S/C4H3ClN2S2/c5-2-3(8)6-1-7-4(2)9/h1H,(H2,6,7,8,9). The van der Waals surface area contributed by atoms with E-state index in [-0.39, 0.29) is 0 Å². The molecule has 0 amide bonds. The summed E-state index contributed by atoms with van der Waals surface area (Å²) < 4.78 is 0.469. The maximum atomic E-state index is 5.60. The molecule has 0 saturated carbocycles. The highest BCUT2D eigenvalue weighted by Gasteiger charge is 1.95. The van der Waals surface area contributed by atoms with Crippen molar-refractivity contribution in [1.82, 2.24) is 9.97 Å². The van der Waals surface area contributed by atoms with Crippen LogP contribution in [0.5, 0.6) is 0 Å². The van der Waals surface area contributed by atoms with Crippen LogP contribution in [0.15, 0.2) is 11.4 Å².